The molecule has 0 saturated heterocycles. The first-order valence-electron chi connectivity index (χ1n) is 8.79. The molecule has 0 spiro atoms. The Morgan fingerprint density at radius 1 is 0.667 bits per heavy atom. The lowest BCUT2D eigenvalue weighted by atomic mass is 9.94. The van der Waals surface area contributed by atoms with Gasteiger partial charge in [-0.1, -0.05) is 60.7 Å². The molecule has 1 heterocycles. The number of aromatic nitrogens is 1. The maximum absolute atomic E-state index is 4.91. The second-order valence-electron chi connectivity index (χ2n) is 6.71. The molecule has 0 aliphatic heterocycles. The van der Waals surface area contributed by atoms with Crippen molar-refractivity contribution in [1.29, 1.82) is 0 Å². The number of benzene rings is 3. The number of hydrogen-bond donors (Lipinski definition) is 0. The fourth-order valence-corrected chi connectivity index (χ4v) is 4.13. The van der Waals surface area contributed by atoms with Gasteiger partial charge in [0.2, 0.25) is 0 Å². The molecule has 116 valence electrons. The third-order valence-electron chi connectivity index (χ3n) is 5.26. The number of aryl methyl sites for hydroxylation is 2. The van der Waals surface area contributed by atoms with Gasteiger partial charge in [-0.05, 0) is 53.0 Å². The second kappa shape index (κ2) is 5.45. The van der Waals surface area contributed by atoms with E-state index in [2.05, 4.69) is 66.9 Å². The highest BCUT2D eigenvalue weighted by Gasteiger charge is 2.16. The SMILES string of the molecule is c1ccc2c(-c3ncc4c5c(cccc35)CCCC4)cccc2c1. The van der Waals surface area contributed by atoms with E-state index in [0.717, 1.165) is 12.1 Å². The summed E-state index contributed by atoms with van der Waals surface area (Å²) >= 11 is 0. The molecule has 1 nitrogen and oxygen atoms in total. The van der Waals surface area contributed by atoms with Gasteiger partial charge in [0.25, 0.3) is 0 Å². The van der Waals surface area contributed by atoms with E-state index in [1.165, 1.54) is 57.5 Å². The Bertz CT molecular complexity index is 1040. The minimum Gasteiger partial charge on any atom is -0.255 e. The number of fused-ring (bicyclic) bond motifs is 1. The zero-order valence-corrected chi connectivity index (χ0v) is 13.6. The standard InChI is InChI=1S/C23H19N/c1-2-9-18-15-24-23(21-14-6-11-17(8-1)22(18)21)20-13-5-10-16-7-3-4-12-19(16)20/h3-7,10-15H,1-2,8-9H2. The first-order chi connectivity index (χ1) is 11.9. The molecule has 1 aromatic heterocycles. The van der Waals surface area contributed by atoms with Crippen LogP contribution in [0.25, 0.3) is 32.8 Å². The van der Waals surface area contributed by atoms with Crippen LogP contribution >= 0.6 is 0 Å². The summed E-state index contributed by atoms with van der Waals surface area (Å²) in [5.74, 6) is 0. The molecule has 1 aliphatic carbocycles. The van der Waals surface area contributed by atoms with Crippen molar-refractivity contribution < 1.29 is 0 Å². The minimum absolute atomic E-state index is 1.12. The normalized spacial score (nSPS) is 14.0. The molecule has 0 amide bonds. The minimum atomic E-state index is 1.12. The van der Waals surface area contributed by atoms with E-state index in [1.807, 2.05) is 0 Å². The molecule has 0 bridgehead atoms. The van der Waals surface area contributed by atoms with Crippen LogP contribution in [-0.2, 0) is 12.8 Å². The predicted octanol–water partition coefficient (Wildman–Crippen LogP) is 5.93. The summed E-state index contributed by atoms with van der Waals surface area (Å²) in [5, 5.41) is 5.31. The lowest BCUT2D eigenvalue weighted by Gasteiger charge is -2.13. The van der Waals surface area contributed by atoms with Crippen molar-refractivity contribution in [3.8, 4) is 11.3 Å². The van der Waals surface area contributed by atoms with Gasteiger partial charge >= 0.3 is 0 Å². The smallest absolute Gasteiger partial charge is 0.0786 e. The maximum Gasteiger partial charge on any atom is 0.0786 e. The first-order valence-corrected chi connectivity index (χ1v) is 8.79. The van der Waals surface area contributed by atoms with Crippen LogP contribution in [0.2, 0.25) is 0 Å². The van der Waals surface area contributed by atoms with Gasteiger partial charge in [-0.3, -0.25) is 4.98 Å². The van der Waals surface area contributed by atoms with Gasteiger partial charge in [-0.15, -0.1) is 0 Å². The van der Waals surface area contributed by atoms with Gasteiger partial charge < -0.3 is 0 Å². The molecule has 0 saturated carbocycles. The van der Waals surface area contributed by atoms with Crippen LogP contribution in [0, 0.1) is 0 Å². The number of hydrogen-bond acceptors (Lipinski definition) is 1. The van der Waals surface area contributed by atoms with Crippen molar-refractivity contribution in [2.45, 2.75) is 25.7 Å². The third-order valence-corrected chi connectivity index (χ3v) is 5.26. The van der Waals surface area contributed by atoms with Crippen molar-refractivity contribution in [3.05, 3.63) is 78.0 Å². The molecule has 4 aromatic rings. The topological polar surface area (TPSA) is 12.9 Å². The Kier molecular flexibility index (Phi) is 3.12. The van der Waals surface area contributed by atoms with Gasteiger partial charge in [0.05, 0.1) is 5.69 Å². The predicted molar refractivity (Wildman–Crippen MR) is 101 cm³/mol. The first kappa shape index (κ1) is 13.7. The Hall–Kier alpha value is -2.67. The van der Waals surface area contributed by atoms with Gasteiger partial charge in [0.1, 0.15) is 0 Å². The summed E-state index contributed by atoms with van der Waals surface area (Å²) in [4.78, 5) is 4.91. The monoisotopic (exact) mass is 309 g/mol. The highest BCUT2D eigenvalue weighted by molar-refractivity contribution is 6.05. The van der Waals surface area contributed by atoms with Crippen LogP contribution in [0.5, 0.6) is 0 Å². The van der Waals surface area contributed by atoms with E-state index in [9.17, 15) is 0 Å². The van der Waals surface area contributed by atoms with E-state index < -0.39 is 0 Å². The molecule has 0 N–H and O–H groups in total. The summed E-state index contributed by atoms with van der Waals surface area (Å²) in [6, 6.07) is 21.9. The van der Waals surface area contributed by atoms with Crippen LogP contribution in [0.15, 0.2) is 66.9 Å². The highest BCUT2D eigenvalue weighted by atomic mass is 14.7. The van der Waals surface area contributed by atoms with E-state index in [0.29, 0.717) is 0 Å². The second-order valence-corrected chi connectivity index (χ2v) is 6.71. The quantitative estimate of drug-likeness (QED) is 0.424. The van der Waals surface area contributed by atoms with Gasteiger partial charge in [0, 0.05) is 17.1 Å². The van der Waals surface area contributed by atoms with Crippen LogP contribution in [0.1, 0.15) is 24.0 Å². The average molecular weight is 309 g/mol. The van der Waals surface area contributed by atoms with Crippen molar-refractivity contribution in [2.24, 2.45) is 0 Å². The number of pyridine rings is 1. The summed E-state index contributed by atoms with van der Waals surface area (Å²) < 4.78 is 0. The molecule has 1 aliphatic rings. The number of nitrogens with zero attached hydrogens (tertiary/aromatic N) is 1. The van der Waals surface area contributed by atoms with Crippen LogP contribution in [0.4, 0.5) is 0 Å². The molecule has 3 aromatic carbocycles. The molecular formula is C23H19N. The average Bonchev–Trinajstić information content (AvgIpc) is 2.86. The molecule has 0 unspecified atom stereocenters. The maximum atomic E-state index is 4.91. The molecule has 0 fully saturated rings. The molecule has 5 rings (SSSR count). The summed E-state index contributed by atoms with van der Waals surface area (Å²) in [5.41, 5.74) is 5.27. The number of rotatable bonds is 1. The molecule has 0 radical (unpaired) electrons. The van der Waals surface area contributed by atoms with E-state index in [-0.39, 0.29) is 0 Å². The lowest BCUT2D eigenvalue weighted by molar-refractivity contribution is 0.752. The van der Waals surface area contributed by atoms with Crippen molar-refractivity contribution >= 4 is 21.5 Å². The largest absolute Gasteiger partial charge is 0.255 e. The van der Waals surface area contributed by atoms with Crippen LogP contribution in [-0.4, -0.2) is 4.98 Å². The van der Waals surface area contributed by atoms with E-state index in [4.69, 9.17) is 4.98 Å². The van der Waals surface area contributed by atoms with Gasteiger partial charge in [-0.25, -0.2) is 0 Å². The van der Waals surface area contributed by atoms with Gasteiger partial charge in [-0.2, -0.15) is 0 Å². The highest BCUT2D eigenvalue weighted by Crippen LogP contribution is 2.36. The third kappa shape index (κ3) is 2.05. The Labute approximate surface area is 142 Å². The summed E-state index contributed by atoms with van der Waals surface area (Å²) in [6.45, 7) is 0. The van der Waals surface area contributed by atoms with Crippen molar-refractivity contribution in [1.82, 2.24) is 4.98 Å². The van der Waals surface area contributed by atoms with E-state index >= 15 is 0 Å². The zero-order chi connectivity index (χ0) is 15.9. The zero-order valence-electron chi connectivity index (χ0n) is 13.6. The van der Waals surface area contributed by atoms with Crippen molar-refractivity contribution in [3.63, 3.8) is 0 Å². The van der Waals surface area contributed by atoms with Crippen LogP contribution in [0.3, 0.4) is 0 Å². The summed E-state index contributed by atoms with van der Waals surface area (Å²) in [7, 11) is 0. The van der Waals surface area contributed by atoms with Gasteiger partial charge in [0.15, 0.2) is 0 Å². The molecular weight excluding hydrogens is 290 g/mol. The fraction of sp³-hybridized carbons (Fsp3) is 0.174. The Balaban J connectivity index is 1.88. The molecule has 0 atom stereocenters. The van der Waals surface area contributed by atoms with Crippen molar-refractivity contribution in [2.75, 3.05) is 0 Å². The van der Waals surface area contributed by atoms with E-state index in [1.54, 1.807) is 0 Å². The molecule has 1 heteroatoms. The lowest BCUT2D eigenvalue weighted by Crippen LogP contribution is -1.94. The molecule has 24 heavy (non-hydrogen) atoms. The fourth-order valence-electron chi connectivity index (χ4n) is 4.13. The Morgan fingerprint density at radius 3 is 2.38 bits per heavy atom. The Morgan fingerprint density at radius 2 is 1.42 bits per heavy atom. The summed E-state index contributed by atoms with van der Waals surface area (Å²) in [6.07, 6.45) is 6.99. The van der Waals surface area contributed by atoms with Crippen LogP contribution < -0.4 is 0 Å².